The second kappa shape index (κ2) is 2.23. The summed E-state index contributed by atoms with van der Waals surface area (Å²) in [5, 5.41) is -0.773. The van der Waals surface area contributed by atoms with Crippen molar-refractivity contribution in [2.75, 3.05) is 0 Å². The summed E-state index contributed by atoms with van der Waals surface area (Å²) in [6.07, 6.45) is -3.06. The minimum atomic E-state index is -4.28. The number of aryl methyl sites for hydroxylation is 1. The molecule has 0 atom stereocenters. The van der Waals surface area contributed by atoms with Crippen LogP contribution in [0.2, 0.25) is 0 Å². The number of nitrogens with zero attached hydrogens (tertiary/aromatic N) is 1. The van der Waals surface area contributed by atoms with Crippen molar-refractivity contribution in [2.24, 2.45) is 0 Å². The lowest BCUT2D eigenvalue weighted by Gasteiger charge is -1.98. The van der Waals surface area contributed by atoms with Gasteiger partial charge in [-0.2, -0.15) is 13.2 Å². The Morgan fingerprint density at radius 1 is 1.50 bits per heavy atom. The lowest BCUT2D eigenvalue weighted by molar-refractivity contribution is -0.137. The molecular weight excluding hydrogens is 163 g/mol. The van der Waals surface area contributed by atoms with Crippen LogP contribution in [0.15, 0.2) is 6.20 Å². The van der Waals surface area contributed by atoms with Crippen LogP contribution in [0, 0.1) is 6.92 Å². The van der Waals surface area contributed by atoms with Crippen LogP contribution < -0.4 is 0 Å². The number of alkyl halides is 3. The lowest BCUT2D eigenvalue weighted by Crippen LogP contribution is -2.02. The number of aromatic nitrogens is 1. The number of hydrogen-bond donors (Lipinski definition) is 0. The third-order valence-corrected chi connectivity index (χ3v) is 1.82. The highest BCUT2D eigenvalue weighted by Crippen LogP contribution is 2.31. The molecule has 0 fully saturated rings. The first-order chi connectivity index (χ1) is 4.50. The zero-order chi connectivity index (χ0) is 7.78. The molecule has 1 aromatic heterocycles. The molecule has 5 heteroatoms. The van der Waals surface area contributed by atoms with Crippen LogP contribution in [0.5, 0.6) is 0 Å². The Kier molecular flexibility index (Phi) is 1.68. The fraction of sp³-hybridized carbons (Fsp3) is 0.400. The highest BCUT2D eigenvalue weighted by atomic mass is 32.1. The zero-order valence-electron chi connectivity index (χ0n) is 5.07. The average molecular weight is 167 g/mol. The normalized spacial score (nSPS) is 12.0. The summed E-state index contributed by atoms with van der Waals surface area (Å²) >= 11 is 0.659. The number of hydrogen-bond acceptors (Lipinski definition) is 2. The molecule has 10 heavy (non-hydrogen) atoms. The first-order valence-corrected chi connectivity index (χ1v) is 3.31. The minimum Gasteiger partial charge on any atom is -0.240 e. The van der Waals surface area contributed by atoms with Gasteiger partial charge < -0.3 is 0 Å². The Hall–Kier alpha value is -0.580. The molecule has 0 aliphatic rings. The van der Waals surface area contributed by atoms with Crippen LogP contribution in [-0.4, -0.2) is 4.98 Å². The van der Waals surface area contributed by atoms with Gasteiger partial charge in [-0.3, -0.25) is 0 Å². The average Bonchev–Trinajstić information content (AvgIpc) is 2.11. The molecule has 0 spiro atoms. The fourth-order valence-corrected chi connectivity index (χ4v) is 1.12. The van der Waals surface area contributed by atoms with Gasteiger partial charge in [0, 0.05) is 11.1 Å². The Balaban J connectivity index is 2.96. The van der Waals surface area contributed by atoms with Crippen molar-refractivity contribution < 1.29 is 13.2 Å². The van der Waals surface area contributed by atoms with Crippen LogP contribution in [0.4, 0.5) is 13.2 Å². The van der Waals surface area contributed by atoms with Crippen molar-refractivity contribution in [3.05, 3.63) is 16.1 Å². The monoisotopic (exact) mass is 167 g/mol. The van der Waals surface area contributed by atoms with Crippen molar-refractivity contribution >= 4 is 11.3 Å². The molecule has 1 aromatic rings. The minimum absolute atomic E-state index is 0.576. The standard InChI is InChI=1S/C5H4F3NS/c1-3-2-9-4(10-3)5(6,7)8/h2H,1H3. The third kappa shape index (κ3) is 1.47. The Bertz CT molecular complexity index is 227. The highest BCUT2D eigenvalue weighted by molar-refractivity contribution is 7.11. The van der Waals surface area contributed by atoms with Gasteiger partial charge in [-0.25, -0.2) is 4.98 Å². The first kappa shape index (κ1) is 7.53. The molecule has 1 heterocycles. The van der Waals surface area contributed by atoms with E-state index in [9.17, 15) is 13.2 Å². The first-order valence-electron chi connectivity index (χ1n) is 2.50. The molecule has 0 bridgehead atoms. The molecule has 0 aliphatic carbocycles. The molecule has 0 saturated heterocycles. The maximum atomic E-state index is 11.7. The van der Waals surface area contributed by atoms with Crippen molar-refractivity contribution in [1.29, 1.82) is 0 Å². The van der Waals surface area contributed by atoms with Gasteiger partial charge in [0.15, 0.2) is 5.01 Å². The third-order valence-electron chi connectivity index (χ3n) is 0.864. The molecule has 0 radical (unpaired) electrons. The predicted molar refractivity (Wildman–Crippen MR) is 31.9 cm³/mol. The molecule has 1 rings (SSSR count). The summed E-state index contributed by atoms with van der Waals surface area (Å²) in [4.78, 5) is 3.76. The van der Waals surface area contributed by atoms with Gasteiger partial charge >= 0.3 is 6.18 Å². The molecule has 0 N–H and O–H groups in total. The second-order valence-electron chi connectivity index (χ2n) is 1.77. The van der Waals surface area contributed by atoms with Crippen LogP contribution in [0.1, 0.15) is 9.88 Å². The Morgan fingerprint density at radius 2 is 2.10 bits per heavy atom. The summed E-state index contributed by atoms with van der Waals surface area (Å²) in [6, 6.07) is 0. The zero-order valence-corrected chi connectivity index (χ0v) is 5.88. The van der Waals surface area contributed by atoms with Gasteiger partial charge in [-0.15, -0.1) is 11.3 Å². The smallest absolute Gasteiger partial charge is 0.240 e. The maximum Gasteiger partial charge on any atom is 0.443 e. The van der Waals surface area contributed by atoms with E-state index in [0.717, 1.165) is 0 Å². The van der Waals surface area contributed by atoms with E-state index in [2.05, 4.69) is 4.98 Å². The van der Waals surface area contributed by atoms with Crippen LogP contribution in [0.25, 0.3) is 0 Å². The van der Waals surface area contributed by atoms with E-state index in [0.29, 0.717) is 16.2 Å². The summed E-state index contributed by atoms with van der Waals surface area (Å²) < 4.78 is 35.2. The van der Waals surface area contributed by atoms with E-state index >= 15 is 0 Å². The van der Waals surface area contributed by atoms with Crippen molar-refractivity contribution in [1.82, 2.24) is 4.98 Å². The summed E-state index contributed by atoms with van der Waals surface area (Å²) in [5.41, 5.74) is 0. The maximum absolute atomic E-state index is 11.7. The molecule has 0 saturated carbocycles. The van der Waals surface area contributed by atoms with Gasteiger partial charge in [0.05, 0.1) is 0 Å². The van der Waals surface area contributed by atoms with Crippen molar-refractivity contribution in [3.8, 4) is 0 Å². The van der Waals surface area contributed by atoms with Gasteiger partial charge in [-0.05, 0) is 6.92 Å². The van der Waals surface area contributed by atoms with Crippen LogP contribution in [-0.2, 0) is 6.18 Å². The van der Waals surface area contributed by atoms with Gasteiger partial charge in [-0.1, -0.05) is 0 Å². The summed E-state index contributed by atoms with van der Waals surface area (Å²) in [7, 11) is 0. The largest absolute Gasteiger partial charge is 0.443 e. The Morgan fingerprint density at radius 3 is 2.30 bits per heavy atom. The molecule has 0 aliphatic heterocycles. The van der Waals surface area contributed by atoms with Crippen LogP contribution >= 0.6 is 11.3 Å². The molecule has 1 nitrogen and oxygen atoms in total. The van der Waals surface area contributed by atoms with Crippen molar-refractivity contribution in [3.63, 3.8) is 0 Å². The van der Waals surface area contributed by atoms with E-state index < -0.39 is 11.2 Å². The van der Waals surface area contributed by atoms with Gasteiger partial charge in [0.25, 0.3) is 0 Å². The molecule has 0 amide bonds. The van der Waals surface area contributed by atoms with E-state index in [1.807, 2.05) is 0 Å². The van der Waals surface area contributed by atoms with Crippen molar-refractivity contribution in [2.45, 2.75) is 13.1 Å². The summed E-state index contributed by atoms with van der Waals surface area (Å²) in [5.74, 6) is 0. The quantitative estimate of drug-likeness (QED) is 0.578. The molecule has 56 valence electrons. The van der Waals surface area contributed by atoms with Gasteiger partial charge in [0.2, 0.25) is 0 Å². The number of halogens is 3. The lowest BCUT2D eigenvalue weighted by atomic mass is 10.6. The SMILES string of the molecule is Cc1cnc(C(F)(F)F)s1. The predicted octanol–water partition coefficient (Wildman–Crippen LogP) is 2.47. The second-order valence-corrected chi connectivity index (χ2v) is 3.01. The Labute approximate surface area is 59.5 Å². The van der Waals surface area contributed by atoms with E-state index in [4.69, 9.17) is 0 Å². The van der Waals surface area contributed by atoms with E-state index in [1.54, 1.807) is 6.92 Å². The topological polar surface area (TPSA) is 12.9 Å². The number of thiazole rings is 1. The van der Waals surface area contributed by atoms with Crippen LogP contribution in [0.3, 0.4) is 0 Å². The highest BCUT2D eigenvalue weighted by Gasteiger charge is 2.33. The van der Waals surface area contributed by atoms with E-state index in [-0.39, 0.29) is 0 Å². The summed E-state index contributed by atoms with van der Waals surface area (Å²) in [6.45, 7) is 1.59. The fourth-order valence-electron chi connectivity index (χ4n) is 0.486. The van der Waals surface area contributed by atoms with E-state index in [1.165, 1.54) is 6.20 Å². The number of rotatable bonds is 0. The molecule has 0 aromatic carbocycles. The molecule has 0 unspecified atom stereocenters. The van der Waals surface area contributed by atoms with Gasteiger partial charge in [0.1, 0.15) is 0 Å². The molecular formula is C5H4F3NS.